The van der Waals surface area contributed by atoms with Crippen molar-refractivity contribution in [3.63, 3.8) is 0 Å². The molecule has 4 fully saturated rings. The minimum Gasteiger partial charge on any atom is -0.362 e. The monoisotopic (exact) mass is 301 g/mol. The van der Waals surface area contributed by atoms with Crippen LogP contribution in [0.2, 0.25) is 0 Å². The molecule has 1 spiro atoms. The topological polar surface area (TPSA) is 41.3 Å². The van der Waals surface area contributed by atoms with Crippen molar-refractivity contribution in [1.82, 2.24) is 10.1 Å². The Balaban J connectivity index is 1.52. The summed E-state index contributed by atoms with van der Waals surface area (Å²) in [5.74, 6) is 1.21. The summed E-state index contributed by atoms with van der Waals surface area (Å²) >= 11 is 0. The fourth-order valence-electron chi connectivity index (χ4n) is 4.63. The Kier molecular flexibility index (Phi) is 2.47. The van der Waals surface area contributed by atoms with Crippen LogP contribution in [0.4, 0.5) is 10.2 Å². The molecule has 4 aliphatic rings. The Hall–Kier alpha value is -1.62. The second kappa shape index (κ2) is 4.22. The number of rotatable bonds is 2. The van der Waals surface area contributed by atoms with Gasteiger partial charge in [-0.25, -0.2) is 4.39 Å². The maximum Gasteiger partial charge on any atom is 0.177 e. The van der Waals surface area contributed by atoms with E-state index in [9.17, 15) is 4.39 Å². The third-order valence-electron chi connectivity index (χ3n) is 6.03. The Morgan fingerprint density at radius 2 is 2.09 bits per heavy atom. The Bertz CT molecular complexity index is 744. The first-order valence-corrected chi connectivity index (χ1v) is 8.24. The molecule has 2 bridgehead atoms. The van der Waals surface area contributed by atoms with Crippen LogP contribution >= 0.6 is 0 Å². The van der Waals surface area contributed by atoms with Crippen LogP contribution < -0.4 is 5.32 Å². The van der Waals surface area contributed by atoms with Gasteiger partial charge >= 0.3 is 0 Å². The van der Waals surface area contributed by atoms with Crippen molar-refractivity contribution in [1.29, 1.82) is 0 Å². The molecule has 4 nitrogen and oxygen atoms in total. The van der Waals surface area contributed by atoms with Crippen molar-refractivity contribution in [3.05, 3.63) is 23.5 Å². The molecule has 1 aromatic carbocycles. The molecule has 1 aliphatic carbocycles. The zero-order valence-corrected chi connectivity index (χ0v) is 12.7. The van der Waals surface area contributed by atoms with E-state index in [-0.39, 0.29) is 5.82 Å². The molecule has 4 heterocycles. The summed E-state index contributed by atoms with van der Waals surface area (Å²) in [7, 11) is 0. The van der Waals surface area contributed by atoms with E-state index >= 15 is 0 Å². The molecule has 0 unspecified atom stereocenters. The summed E-state index contributed by atoms with van der Waals surface area (Å²) in [6.07, 6.45) is 5.04. The number of benzene rings is 1. The SMILES string of the molecule is Cc1cc2onc(N[C@@H]3C4CCN(CC4)C34CC4)c2cc1F. The zero-order valence-electron chi connectivity index (χ0n) is 12.7. The minimum absolute atomic E-state index is 0.200. The molecule has 1 aromatic heterocycles. The molecule has 116 valence electrons. The molecule has 3 aliphatic heterocycles. The highest BCUT2D eigenvalue weighted by molar-refractivity contribution is 5.88. The lowest BCUT2D eigenvalue weighted by molar-refractivity contribution is 0.0202. The van der Waals surface area contributed by atoms with Gasteiger partial charge in [-0.2, -0.15) is 0 Å². The number of anilines is 1. The van der Waals surface area contributed by atoms with Gasteiger partial charge in [-0.3, -0.25) is 4.90 Å². The van der Waals surface area contributed by atoms with Gasteiger partial charge in [0.2, 0.25) is 0 Å². The van der Waals surface area contributed by atoms with Gasteiger partial charge in [0.25, 0.3) is 0 Å². The molecule has 1 saturated carbocycles. The van der Waals surface area contributed by atoms with Crippen LogP contribution in [0.3, 0.4) is 0 Å². The molecule has 0 amide bonds. The van der Waals surface area contributed by atoms with E-state index in [1.165, 1.54) is 38.8 Å². The van der Waals surface area contributed by atoms with Gasteiger partial charge < -0.3 is 9.84 Å². The van der Waals surface area contributed by atoms with Crippen molar-refractivity contribution in [3.8, 4) is 0 Å². The predicted octanol–water partition coefficient (Wildman–Crippen LogP) is 3.31. The number of aromatic nitrogens is 1. The Morgan fingerprint density at radius 3 is 2.82 bits per heavy atom. The maximum atomic E-state index is 13.9. The first kappa shape index (κ1) is 12.9. The van der Waals surface area contributed by atoms with Crippen molar-refractivity contribution in [2.75, 3.05) is 18.4 Å². The van der Waals surface area contributed by atoms with E-state index in [1.54, 1.807) is 19.1 Å². The minimum atomic E-state index is -0.200. The second-order valence-electron chi connectivity index (χ2n) is 7.18. The van der Waals surface area contributed by atoms with Crippen LogP contribution in [0, 0.1) is 18.7 Å². The molecular weight excluding hydrogens is 281 g/mol. The van der Waals surface area contributed by atoms with Crippen LogP contribution in [0.5, 0.6) is 0 Å². The zero-order chi connectivity index (χ0) is 14.9. The van der Waals surface area contributed by atoms with Crippen LogP contribution in [0.1, 0.15) is 31.2 Å². The van der Waals surface area contributed by atoms with Crippen molar-refractivity contribution in [2.45, 2.75) is 44.2 Å². The summed E-state index contributed by atoms with van der Waals surface area (Å²) in [5, 5.41) is 8.56. The molecule has 5 heteroatoms. The summed E-state index contributed by atoms with van der Waals surface area (Å²) in [5.41, 5.74) is 1.58. The van der Waals surface area contributed by atoms with Crippen molar-refractivity contribution in [2.24, 2.45) is 5.92 Å². The highest BCUT2D eigenvalue weighted by atomic mass is 19.1. The van der Waals surface area contributed by atoms with Crippen LogP contribution in [0.15, 0.2) is 16.7 Å². The van der Waals surface area contributed by atoms with Crippen LogP contribution in [-0.4, -0.2) is 34.7 Å². The number of halogens is 1. The average Bonchev–Trinajstić information content (AvgIpc) is 3.22. The molecule has 1 atom stereocenters. The highest BCUT2D eigenvalue weighted by Gasteiger charge is 2.60. The second-order valence-corrected chi connectivity index (χ2v) is 7.18. The van der Waals surface area contributed by atoms with Gasteiger partial charge in [-0.1, -0.05) is 5.16 Å². The fraction of sp³-hybridized carbons (Fsp3) is 0.588. The number of piperidine rings is 3. The molecule has 2 aromatic rings. The van der Waals surface area contributed by atoms with Gasteiger partial charge in [0.05, 0.1) is 5.39 Å². The standard InChI is InChI=1S/C17H20FN3O/c1-10-8-14-12(9-13(10)18)16(20-22-14)19-15-11-2-6-21(7-3-11)17(15)4-5-17/h8-9,11,15H,2-7H2,1H3,(H,19,20)/t15-/m1/s1. The van der Waals surface area contributed by atoms with Crippen molar-refractivity contribution >= 4 is 16.8 Å². The number of hydrogen-bond donors (Lipinski definition) is 1. The van der Waals surface area contributed by atoms with Gasteiger partial charge in [0.15, 0.2) is 11.4 Å². The van der Waals surface area contributed by atoms with Crippen LogP contribution in [0.25, 0.3) is 11.0 Å². The number of nitrogens with one attached hydrogen (secondary N) is 1. The molecular formula is C17H20FN3O. The van der Waals surface area contributed by atoms with Gasteiger partial charge in [-0.05, 0) is 69.3 Å². The number of hydrogen-bond acceptors (Lipinski definition) is 4. The fourth-order valence-corrected chi connectivity index (χ4v) is 4.63. The lowest BCUT2D eigenvalue weighted by Gasteiger charge is -2.52. The lowest BCUT2D eigenvalue weighted by atomic mass is 9.77. The quantitative estimate of drug-likeness (QED) is 0.924. The maximum absolute atomic E-state index is 13.9. The first-order chi connectivity index (χ1) is 10.7. The van der Waals surface area contributed by atoms with Crippen LogP contribution in [-0.2, 0) is 0 Å². The lowest BCUT2D eigenvalue weighted by Crippen LogP contribution is -2.62. The van der Waals surface area contributed by atoms with E-state index in [0.29, 0.717) is 34.5 Å². The summed E-state index contributed by atoms with van der Waals surface area (Å²) in [6.45, 7) is 4.21. The normalized spacial score (nSPS) is 31.8. The Labute approximate surface area is 128 Å². The summed E-state index contributed by atoms with van der Waals surface area (Å²) < 4.78 is 19.3. The average molecular weight is 301 g/mol. The highest BCUT2D eigenvalue weighted by Crippen LogP contribution is 2.54. The van der Waals surface area contributed by atoms with E-state index < -0.39 is 0 Å². The number of nitrogens with zero attached hydrogens (tertiary/aromatic N) is 2. The number of fused-ring (bicyclic) bond motifs is 3. The molecule has 1 N–H and O–H groups in total. The Morgan fingerprint density at radius 1 is 1.32 bits per heavy atom. The van der Waals surface area contributed by atoms with E-state index in [4.69, 9.17) is 4.52 Å². The summed E-state index contributed by atoms with van der Waals surface area (Å²) in [6, 6.07) is 3.70. The van der Waals surface area contributed by atoms with Crippen molar-refractivity contribution < 1.29 is 8.91 Å². The molecule has 0 radical (unpaired) electrons. The molecule has 6 rings (SSSR count). The smallest absolute Gasteiger partial charge is 0.177 e. The first-order valence-electron chi connectivity index (χ1n) is 8.24. The third kappa shape index (κ3) is 1.63. The van der Waals surface area contributed by atoms with E-state index in [2.05, 4.69) is 15.4 Å². The summed E-state index contributed by atoms with van der Waals surface area (Å²) in [4.78, 5) is 2.65. The molecule has 3 saturated heterocycles. The molecule has 22 heavy (non-hydrogen) atoms. The third-order valence-corrected chi connectivity index (χ3v) is 6.03. The van der Waals surface area contributed by atoms with Gasteiger partial charge in [-0.15, -0.1) is 0 Å². The predicted molar refractivity (Wildman–Crippen MR) is 82.4 cm³/mol. The number of aryl methyl sites for hydroxylation is 1. The largest absolute Gasteiger partial charge is 0.362 e. The van der Waals surface area contributed by atoms with Gasteiger partial charge in [0.1, 0.15) is 5.82 Å². The van der Waals surface area contributed by atoms with E-state index in [1.807, 2.05) is 0 Å². The van der Waals surface area contributed by atoms with Gasteiger partial charge in [0, 0.05) is 11.6 Å². The van der Waals surface area contributed by atoms with E-state index in [0.717, 1.165) is 5.39 Å².